The molecule has 1 fully saturated rings. The molecule has 1 rings (SSSR count). The molecule has 0 spiro atoms. The van der Waals surface area contributed by atoms with Crippen LogP contribution >= 0.6 is 37.2 Å². The summed E-state index contributed by atoms with van der Waals surface area (Å²) in [6.07, 6.45) is 4.22. The van der Waals surface area contributed by atoms with Crippen LogP contribution in [0.25, 0.3) is 0 Å². The Balaban J connectivity index is 5.05. The molecule has 0 aromatic heterocycles. The van der Waals surface area contributed by atoms with Gasteiger partial charge in [0.2, 0.25) is 0 Å². The number of hydrogen-bond donors (Lipinski definition) is 0. The highest BCUT2D eigenvalue weighted by molar-refractivity contribution is 7.81. The quantitative estimate of drug-likeness (QED) is 0.117. The Morgan fingerprint density at radius 2 is 1.03 bits per heavy atom. The maximum absolute atomic E-state index is 6.29. The highest BCUT2D eigenvalue weighted by atomic mass is 31.3. The largest absolute Gasteiger partial charge is 0.305 e. The van der Waals surface area contributed by atoms with Gasteiger partial charge in [-0.1, -0.05) is 34.6 Å². The van der Waals surface area contributed by atoms with Gasteiger partial charge in [0.05, 0.1) is 11.1 Å². The zero-order valence-electron chi connectivity index (χ0n) is 42.9. The van der Waals surface area contributed by atoms with Crippen molar-refractivity contribution < 1.29 is 0 Å². The van der Waals surface area contributed by atoms with Gasteiger partial charge in [0.1, 0.15) is 14.7 Å². The van der Waals surface area contributed by atoms with Crippen molar-refractivity contribution in [1.82, 2.24) is 46.7 Å². The minimum absolute atomic E-state index is 0.159. The summed E-state index contributed by atoms with van der Waals surface area (Å²) in [6.45, 7) is 25.3. The van der Waals surface area contributed by atoms with Crippen molar-refractivity contribution >= 4 is 37.2 Å². The van der Waals surface area contributed by atoms with Gasteiger partial charge in [-0.25, -0.2) is 4.74 Å². The molecule has 15 nitrogen and oxygen atoms in total. The van der Waals surface area contributed by atoms with Crippen LogP contribution in [-0.2, 0) is 0 Å². The molecule has 348 valence electrons. The lowest BCUT2D eigenvalue weighted by Crippen LogP contribution is -2.46. The summed E-state index contributed by atoms with van der Waals surface area (Å²) in [5, 5.41) is 0. The number of rotatable bonds is 19. The normalized spacial score (nSPS) is 21.3. The zero-order valence-corrected chi connectivity index (χ0v) is 47.4. The molecule has 0 aliphatic carbocycles. The molecule has 0 radical (unpaired) electrons. The summed E-state index contributed by atoms with van der Waals surface area (Å²) < 4.78 is 54.9. The van der Waals surface area contributed by atoms with Crippen LogP contribution in [0.2, 0.25) is 0 Å². The average molecular weight is 918 g/mol. The molecule has 20 heteroatoms. The molecule has 0 N–H and O–H groups in total. The van der Waals surface area contributed by atoms with Gasteiger partial charge >= 0.3 is 7.51 Å². The fraction of sp³-hybridized carbons (Fsp3) is 1.00. The van der Waals surface area contributed by atoms with Crippen LogP contribution in [0.5, 0.6) is 0 Å². The Kier molecular flexibility index (Phi) is 21.2. The van der Waals surface area contributed by atoms with E-state index in [1.165, 1.54) is 0 Å². The van der Waals surface area contributed by atoms with E-state index in [1.54, 1.807) is 0 Å². The SMILES string of the molecule is CCCN(CC)P1(=NC(C)(C)C)C(C)CCC(CC(C)(C)N=P(N=P(C(C)C)(N(C)C)N(C)C)(N=P(N(C)C)(N(C)C)N(C)C)N=P(N(C)C)(N(C)C)N(C)C)N1C. The van der Waals surface area contributed by atoms with Crippen LogP contribution in [0.4, 0.5) is 0 Å². The van der Waals surface area contributed by atoms with E-state index in [0.29, 0.717) is 5.66 Å². The minimum Gasteiger partial charge on any atom is -0.268 e. The van der Waals surface area contributed by atoms with Crippen LogP contribution in [-0.4, -0.2) is 208 Å². The van der Waals surface area contributed by atoms with Crippen molar-refractivity contribution in [3.8, 4) is 0 Å². The second-order valence-corrected chi connectivity index (χ2v) is 37.3. The van der Waals surface area contributed by atoms with Crippen LogP contribution in [0.15, 0.2) is 23.0 Å². The second-order valence-electron chi connectivity index (χ2n) is 19.6. The molecule has 1 aliphatic heterocycles. The lowest BCUT2D eigenvalue weighted by atomic mass is 9.93. The van der Waals surface area contributed by atoms with Crippen LogP contribution in [0.1, 0.15) is 94.9 Å². The monoisotopic (exact) mass is 918 g/mol. The zero-order chi connectivity index (χ0) is 45.8. The molecular weight excluding hydrogens is 821 g/mol. The fourth-order valence-electron chi connectivity index (χ4n) is 9.27. The van der Waals surface area contributed by atoms with E-state index >= 15 is 0 Å². The van der Waals surface area contributed by atoms with E-state index in [0.717, 1.165) is 38.8 Å². The Hall–Kier alpha value is 0.750. The summed E-state index contributed by atoms with van der Waals surface area (Å²) in [5.74, 6) is 0. The van der Waals surface area contributed by atoms with Gasteiger partial charge < -0.3 is 0 Å². The standard InChI is InChI=1S/C38H96N15P5/c1-28-32-53(29-2)55(39-37(6,7)8)35(5)30-31-36(52(55)27)33-38(9,10)40-56(41-54(34(3)4,44(11)12)45(13)14,42-57(46(15)16,47(17)18)48(19)20)43-58(49(21)22,50(23)24)51(25)26/h34-36H,28-33H2,1-27H3. The first kappa shape index (κ1) is 56.8. The first-order valence-corrected chi connectivity index (χ1v) is 29.5. The fourth-order valence-corrected chi connectivity index (χ4v) is 33.8. The Bertz CT molecular complexity index is 1410. The molecule has 3 atom stereocenters. The molecule has 1 heterocycles. The molecule has 1 aliphatic rings. The summed E-state index contributed by atoms with van der Waals surface area (Å²) in [7, 11) is 23.9. The molecule has 0 aromatic carbocycles. The molecule has 0 saturated carbocycles. The number of nitrogens with zero attached hydrogens (tertiary/aromatic N) is 15. The van der Waals surface area contributed by atoms with Gasteiger partial charge in [-0.3, -0.25) is 51.4 Å². The van der Waals surface area contributed by atoms with Crippen molar-refractivity contribution in [1.29, 1.82) is 0 Å². The smallest absolute Gasteiger partial charge is 0.268 e. The summed E-state index contributed by atoms with van der Waals surface area (Å²) in [5.41, 5.74) is -0.0195. The predicted molar refractivity (Wildman–Crippen MR) is 268 cm³/mol. The second kappa shape index (κ2) is 21.6. The molecule has 58 heavy (non-hydrogen) atoms. The predicted octanol–water partition coefficient (Wildman–Crippen LogP) is 11.0. The van der Waals surface area contributed by atoms with Gasteiger partial charge in [0.15, 0.2) is 15.0 Å². The van der Waals surface area contributed by atoms with Crippen LogP contribution < -0.4 is 0 Å². The summed E-state index contributed by atoms with van der Waals surface area (Å²) in [6, 6.07) is 0.279. The highest BCUT2D eigenvalue weighted by Crippen LogP contribution is 2.79. The third-order valence-electron chi connectivity index (χ3n) is 11.2. The topological polar surface area (TPSA) is 94.2 Å². The molecular formula is C38H96N15P5. The average Bonchev–Trinajstić information content (AvgIpc) is 3.05. The van der Waals surface area contributed by atoms with Gasteiger partial charge in [-0.2, -0.15) is 13.5 Å². The van der Waals surface area contributed by atoms with Gasteiger partial charge in [0.25, 0.3) is 0 Å². The molecule has 0 aromatic rings. The Morgan fingerprint density at radius 1 is 0.638 bits per heavy atom. The van der Waals surface area contributed by atoms with E-state index in [1.807, 2.05) is 0 Å². The summed E-state index contributed by atoms with van der Waals surface area (Å²) in [4.78, 5) is 0. The van der Waals surface area contributed by atoms with E-state index < -0.39 is 42.8 Å². The van der Waals surface area contributed by atoms with Crippen molar-refractivity contribution in [2.45, 2.75) is 123 Å². The Labute approximate surface area is 362 Å². The first-order chi connectivity index (χ1) is 26.2. The third kappa shape index (κ3) is 11.9. The Morgan fingerprint density at radius 3 is 1.33 bits per heavy atom. The van der Waals surface area contributed by atoms with Crippen LogP contribution in [0.3, 0.4) is 0 Å². The van der Waals surface area contributed by atoms with Crippen LogP contribution in [0, 0.1) is 0 Å². The van der Waals surface area contributed by atoms with Gasteiger partial charge in [-0.05, 0) is 180 Å². The molecule has 0 bridgehead atoms. The third-order valence-corrected chi connectivity index (χ3v) is 32.9. The van der Waals surface area contributed by atoms with Crippen molar-refractivity contribution in [3.05, 3.63) is 0 Å². The highest BCUT2D eigenvalue weighted by Gasteiger charge is 2.47. The van der Waals surface area contributed by atoms with Gasteiger partial charge in [-0.15, -0.1) is 0 Å². The minimum atomic E-state index is -3.40. The summed E-state index contributed by atoms with van der Waals surface area (Å²) >= 11 is 0. The number of hydrogen-bond acceptors (Lipinski definition) is 2. The van der Waals surface area contributed by atoms with Crippen molar-refractivity contribution in [2.75, 3.05) is 133 Å². The van der Waals surface area contributed by atoms with E-state index in [4.69, 9.17) is 23.0 Å². The molecule has 0 amide bonds. The molecule has 1 saturated heterocycles. The maximum Gasteiger partial charge on any atom is 0.305 e. The van der Waals surface area contributed by atoms with Crippen molar-refractivity contribution in [3.63, 3.8) is 0 Å². The maximum atomic E-state index is 6.29. The first-order valence-electron chi connectivity index (χ1n) is 21.3. The van der Waals surface area contributed by atoms with Crippen molar-refractivity contribution in [2.24, 2.45) is 23.0 Å². The van der Waals surface area contributed by atoms with E-state index in [2.05, 4.69) is 236 Å². The van der Waals surface area contributed by atoms with Gasteiger partial charge in [0, 0.05) is 30.4 Å². The van der Waals surface area contributed by atoms with E-state index in [-0.39, 0.29) is 17.2 Å². The lowest BCUT2D eigenvalue weighted by Gasteiger charge is -2.54. The molecule has 3 unspecified atom stereocenters. The van der Waals surface area contributed by atoms with E-state index in [9.17, 15) is 0 Å². The lowest BCUT2D eigenvalue weighted by molar-refractivity contribution is 0.248.